The zero-order chi connectivity index (χ0) is 14.5. The largest absolute Gasteiger partial charge is 0.478 e. The van der Waals surface area contributed by atoms with Crippen LogP contribution in [0.3, 0.4) is 0 Å². The van der Waals surface area contributed by atoms with Crippen LogP contribution in [-0.2, 0) is 13.1 Å². The lowest BCUT2D eigenvalue weighted by Gasteiger charge is -2.07. The van der Waals surface area contributed by atoms with Crippen molar-refractivity contribution >= 4 is 21.9 Å². The van der Waals surface area contributed by atoms with Gasteiger partial charge in [-0.2, -0.15) is 0 Å². The second-order valence-electron chi connectivity index (χ2n) is 4.36. The van der Waals surface area contributed by atoms with Gasteiger partial charge in [0.05, 0.1) is 17.0 Å². The van der Waals surface area contributed by atoms with E-state index in [9.17, 15) is 4.79 Å². The van der Waals surface area contributed by atoms with Gasteiger partial charge in [0.2, 0.25) is 0 Å². The molecule has 0 aliphatic rings. The Balaban J connectivity index is 1.94. The summed E-state index contributed by atoms with van der Waals surface area (Å²) < 4.78 is 0.778. The van der Waals surface area contributed by atoms with Crippen LogP contribution in [0, 0.1) is 6.92 Å². The van der Waals surface area contributed by atoms with Crippen LogP contribution in [0.1, 0.15) is 27.3 Å². The molecule has 1 aromatic heterocycles. The van der Waals surface area contributed by atoms with Crippen molar-refractivity contribution in [3.05, 3.63) is 57.6 Å². The minimum absolute atomic E-state index is 0.269. The average Bonchev–Trinajstić information content (AvgIpc) is 2.42. The lowest BCUT2D eigenvalue weighted by molar-refractivity contribution is 0.0697. The number of hydrogen-bond acceptors (Lipinski definition) is 4. The third-order valence-corrected chi connectivity index (χ3v) is 3.49. The number of halogens is 1. The Morgan fingerprint density at radius 1 is 1.30 bits per heavy atom. The van der Waals surface area contributed by atoms with Crippen molar-refractivity contribution in [2.24, 2.45) is 0 Å². The molecule has 1 heterocycles. The van der Waals surface area contributed by atoms with Crippen LogP contribution in [0.4, 0.5) is 0 Å². The van der Waals surface area contributed by atoms with E-state index in [4.69, 9.17) is 5.11 Å². The summed E-state index contributed by atoms with van der Waals surface area (Å²) in [5.41, 5.74) is 3.02. The summed E-state index contributed by atoms with van der Waals surface area (Å²) in [6.07, 6.45) is 3.47. The van der Waals surface area contributed by atoms with E-state index in [0.29, 0.717) is 13.1 Å². The summed E-state index contributed by atoms with van der Waals surface area (Å²) in [6.45, 7) is 3.13. The molecule has 0 saturated heterocycles. The molecule has 0 aliphatic heterocycles. The quantitative estimate of drug-likeness (QED) is 0.878. The van der Waals surface area contributed by atoms with Gasteiger partial charge in [0.25, 0.3) is 0 Å². The molecule has 0 amide bonds. The predicted molar refractivity (Wildman–Crippen MR) is 78.4 cm³/mol. The van der Waals surface area contributed by atoms with Crippen LogP contribution < -0.4 is 5.32 Å². The Morgan fingerprint density at radius 3 is 2.70 bits per heavy atom. The number of nitrogens with zero attached hydrogens (tertiary/aromatic N) is 2. The summed E-state index contributed by atoms with van der Waals surface area (Å²) in [4.78, 5) is 19.3. The zero-order valence-electron chi connectivity index (χ0n) is 10.9. The fraction of sp³-hybridized carbons (Fsp3) is 0.214. The highest BCUT2D eigenvalue weighted by atomic mass is 79.9. The van der Waals surface area contributed by atoms with E-state index in [1.54, 1.807) is 30.6 Å². The van der Waals surface area contributed by atoms with Gasteiger partial charge >= 0.3 is 5.97 Å². The molecule has 6 heteroatoms. The van der Waals surface area contributed by atoms with Gasteiger partial charge in [0, 0.05) is 30.0 Å². The maximum Gasteiger partial charge on any atom is 0.335 e. The monoisotopic (exact) mass is 335 g/mol. The average molecular weight is 336 g/mol. The molecule has 1 aromatic carbocycles. The second kappa shape index (κ2) is 6.58. The number of carbonyl (C=O) groups is 1. The maximum absolute atomic E-state index is 10.8. The second-order valence-corrected chi connectivity index (χ2v) is 5.22. The fourth-order valence-corrected chi connectivity index (χ4v) is 2.18. The number of aromatic carboxylic acids is 1. The normalized spacial score (nSPS) is 10.5. The first-order chi connectivity index (χ1) is 9.56. The van der Waals surface area contributed by atoms with Crippen LogP contribution in [0.5, 0.6) is 0 Å². The fourth-order valence-electron chi connectivity index (χ4n) is 1.66. The number of carboxylic acid groups (broad SMARTS) is 1. The van der Waals surface area contributed by atoms with Gasteiger partial charge in [0.15, 0.2) is 0 Å². The molecule has 0 fully saturated rings. The van der Waals surface area contributed by atoms with Crippen LogP contribution in [0.25, 0.3) is 0 Å². The minimum atomic E-state index is -0.930. The molecule has 2 N–H and O–H groups in total. The maximum atomic E-state index is 10.8. The molecule has 0 spiro atoms. The summed E-state index contributed by atoms with van der Waals surface area (Å²) in [5.74, 6) is -0.930. The van der Waals surface area contributed by atoms with E-state index in [1.807, 2.05) is 6.92 Å². The van der Waals surface area contributed by atoms with Gasteiger partial charge in [-0.15, -0.1) is 0 Å². The van der Waals surface area contributed by atoms with E-state index >= 15 is 0 Å². The van der Waals surface area contributed by atoms with Crippen molar-refractivity contribution in [1.82, 2.24) is 15.3 Å². The summed E-state index contributed by atoms with van der Waals surface area (Å²) in [7, 11) is 0. The third-order valence-electron chi connectivity index (χ3n) is 2.76. The van der Waals surface area contributed by atoms with Crippen LogP contribution in [0.2, 0.25) is 0 Å². The highest BCUT2D eigenvalue weighted by Crippen LogP contribution is 2.18. The van der Waals surface area contributed by atoms with Crippen LogP contribution >= 0.6 is 15.9 Å². The smallest absolute Gasteiger partial charge is 0.335 e. The number of nitrogens with one attached hydrogen (secondary N) is 1. The molecule has 0 bridgehead atoms. The Morgan fingerprint density at radius 2 is 2.10 bits per heavy atom. The molecule has 0 unspecified atom stereocenters. The van der Waals surface area contributed by atoms with Gasteiger partial charge in [0.1, 0.15) is 0 Å². The number of aryl methyl sites for hydroxylation is 1. The number of benzene rings is 1. The van der Waals surface area contributed by atoms with E-state index in [0.717, 1.165) is 21.4 Å². The third kappa shape index (κ3) is 3.85. The molecule has 0 aliphatic carbocycles. The first-order valence-electron chi connectivity index (χ1n) is 6.06. The van der Waals surface area contributed by atoms with Crippen molar-refractivity contribution in [2.75, 3.05) is 0 Å². The number of rotatable bonds is 5. The molecular formula is C14H14BrN3O2. The minimum Gasteiger partial charge on any atom is -0.478 e. The van der Waals surface area contributed by atoms with Gasteiger partial charge < -0.3 is 10.4 Å². The van der Waals surface area contributed by atoms with Crippen molar-refractivity contribution < 1.29 is 9.90 Å². The summed E-state index contributed by atoms with van der Waals surface area (Å²) in [6, 6.07) is 4.99. The Hall–Kier alpha value is -1.79. The Kier molecular flexibility index (Phi) is 4.81. The highest BCUT2D eigenvalue weighted by Gasteiger charge is 2.06. The number of carboxylic acids is 1. The molecule has 5 nitrogen and oxygen atoms in total. The molecule has 2 rings (SSSR count). The summed E-state index contributed by atoms with van der Waals surface area (Å²) in [5, 5.41) is 12.1. The molecule has 0 saturated carbocycles. The van der Waals surface area contributed by atoms with Crippen LogP contribution in [-0.4, -0.2) is 21.0 Å². The molecule has 104 valence electrons. The van der Waals surface area contributed by atoms with Crippen molar-refractivity contribution in [3.63, 3.8) is 0 Å². The standard InChI is InChI=1S/C14H14BrN3O2/c1-9-5-18-12(8-17-9)7-16-6-11-3-2-10(14(19)20)4-13(11)15/h2-5,8,16H,6-7H2,1H3,(H,19,20). The van der Waals surface area contributed by atoms with E-state index < -0.39 is 5.97 Å². The van der Waals surface area contributed by atoms with Gasteiger partial charge in [-0.1, -0.05) is 22.0 Å². The predicted octanol–water partition coefficient (Wildman–Crippen LogP) is 2.54. The molecule has 2 aromatic rings. The molecule has 0 radical (unpaired) electrons. The van der Waals surface area contributed by atoms with Gasteiger partial charge in [-0.05, 0) is 24.6 Å². The molecular weight excluding hydrogens is 322 g/mol. The zero-order valence-corrected chi connectivity index (χ0v) is 12.5. The first-order valence-corrected chi connectivity index (χ1v) is 6.85. The first kappa shape index (κ1) is 14.6. The Labute approximate surface area is 125 Å². The van der Waals surface area contributed by atoms with Crippen molar-refractivity contribution in [3.8, 4) is 0 Å². The topological polar surface area (TPSA) is 75.1 Å². The summed E-state index contributed by atoms with van der Waals surface area (Å²) >= 11 is 3.38. The lowest BCUT2D eigenvalue weighted by Crippen LogP contribution is -2.14. The number of hydrogen-bond donors (Lipinski definition) is 2. The lowest BCUT2D eigenvalue weighted by atomic mass is 10.1. The van der Waals surface area contributed by atoms with Crippen LogP contribution in [0.15, 0.2) is 35.1 Å². The van der Waals surface area contributed by atoms with Crippen molar-refractivity contribution in [2.45, 2.75) is 20.0 Å². The Bertz CT molecular complexity index is 614. The van der Waals surface area contributed by atoms with E-state index in [2.05, 4.69) is 31.2 Å². The van der Waals surface area contributed by atoms with E-state index in [1.165, 1.54) is 0 Å². The van der Waals surface area contributed by atoms with Gasteiger partial charge in [-0.3, -0.25) is 9.97 Å². The van der Waals surface area contributed by atoms with Crippen molar-refractivity contribution in [1.29, 1.82) is 0 Å². The SMILES string of the molecule is Cc1cnc(CNCc2ccc(C(=O)O)cc2Br)cn1. The van der Waals surface area contributed by atoms with E-state index in [-0.39, 0.29) is 5.56 Å². The molecule has 20 heavy (non-hydrogen) atoms. The van der Waals surface area contributed by atoms with Gasteiger partial charge in [-0.25, -0.2) is 4.79 Å². The molecule has 0 atom stereocenters. The highest BCUT2D eigenvalue weighted by molar-refractivity contribution is 9.10. The number of aromatic nitrogens is 2.